The number of aliphatic carboxylic acids is 1. The van der Waals surface area contributed by atoms with Gasteiger partial charge >= 0.3 is 5.97 Å². The minimum atomic E-state index is -0.981. The number of aliphatic hydroxyl groups is 3. The summed E-state index contributed by atoms with van der Waals surface area (Å²) in [6.07, 6.45) is 4.97. The van der Waals surface area contributed by atoms with Gasteiger partial charge in [0.15, 0.2) is 0 Å². The molecule has 0 spiro atoms. The Balaban J connectivity index is 2.55. The highest BCUT2D eigenvalue weighted by molar-refractivity contribution is 5.67. The topological polar surface area (TPSA) is 98.0 Å². The van der Waals surface area contributed by atoms with Gasteiger partial charge in [0, 0.05) is 18.3 Å². The molecule has 0 aromatic heterocycles. The van der Waals surface area contributed by atoms with Gasteiger partial charge in [-0.15, -0.1) is 0 Å². The van der Waals surface area contributed by atoms with Crippen LogP contribution in [0.25, 0.3) is 0 Å². The molecule has 0 heterocycles. The van der Waals surface area contributed by atoms with Gasteiger partial charge in [-0.3, -0.25) is 4.79 Å². The molecule has 1 saturated carbocycles. The molecule has 0 amide bonds. The number of aliphatic hydroxyl groups excluding tert-OH is 3. The Morgan fingerprint density at radius 1 is 1.30 bits per heavy atom. The molecule has 1 aliphatic carbocycles. The van der Waals surface area contributed by atoms with Crippen molar-refractivity contribution in [1.82, 2.24) is 0 Å². The fourth-order valence-electron chi connectivity index (χ4n) is 2.82. The molecule has 1 rings (SSSR count). The predicted octanol–water partition coefficient (Wildman–Crippen LogP) is 1.32. The second-order valence-electron chi connectivity index (χ2n) is 5.66. The zero-order chi connectivity index (χ0) is 15.1. The summed E-state index contributed by atoms with van der Waals surface area (Å²) in [5, 5.41) is 38.3. The van der Waals surface area contributed by atoms with Gasteiger partial charge < -0.3 is 20.4 Å². The van der Waals surface area contributed by atoms with Gasteiger partial charge in [-0.2, -0.15) is 0 Å². The first-order chi connectivity index (χ1) is 9.45. The summed E-state index contributed by atoms with van der Waals surface area (Å²) in [7, 11) is 0. The fourth-order valence-corrected chi connectivity index (χ4v) is 2.82. The molecule has 0 aliphatic heterocycles. The van der Waals surface area contributed by atoms with Crippen molar-refractivity contribution in [1.29, 1.82) is 0 Å². The summed E-state index contributed by atoms with van der Waals surface area (Å²) < 4.78 is 0. The number of carboxylic acids is 1. The van der Waals surface area contributed by atoms with Crippen LogP contribution >= 0.6 is 0 Å². The fraction of sp³-hybridized carbons (Fsp3) is 0.800. The van der Waals surface area contributed by atoms with Crippen molar-refractivity contribution >= 4 is 5.97 Å². The summed E-state index contributed by atoms with van der Waals surface area (Å²) in [6.45, 7) is 2.09. The molecule has 0 aromatic carbocycles. The van der Waals surface area contributed by atoms with E-state index in [1.807, 2.05) is 0 Å². The third-order valence-electron chi connectivity index (χ3n) is 3.99. The molecule has 0 bridgehead atoms. The largest absolute Gasteiger partial charge is 0.481 e. The molecule has 20 heavy (non-hydrogen) atoms. The maximum absolute atomic E-state index is 10.8. The maximum Gasteiger partial charge on any atom is 0.303 e. The molecule has 5 heteroatoms. The van der Waals surface area contributed by atoms with Crippen LogP contribution in [0.2, 0.25) is 0 Å². The van der Waals surface area contributed by atoms with Crippen LogP contribution in [0.15, 0.2) is 12.2 Å². The van der Waals surface area contributed by atoms with Crippen LogP contribution in [0, 0.1) is 11.8 Å². The second-order valence-corrected chi connectivity index (χ2v) is 5.66. The first kappa shape index (κ1) is 17.1. The number of hydrogen-bond acceptors (Lipinski definition) is 4. The molecule has 5 nitrogen and oxygen atoms in total. The van der Waals surface area contributed by atoms with E-state index in [0.717, 1.165) is 19.3 Å². The van der Waals surface area contributed by atoms with Crippen LogP contribution < -0.4 is 0 Å². The molecular formula is C15H26O5. The van der Waals surface area contributed by atoms with Crippen LogP contribution in [-0.4, -0.2) is 44.7 Å². The predicted molar refractivity (Wildman–Crippen MR) is 75.2 cm³/mol. The highest BCUT2D eigenvalue weighted by Gasteiger charge is 2.41. The quantitative estimate of drug-likeness (QED) is 0.398. The van der Waals surface area contributed by atoms with Crippen LogP contribution in [0.5, 0.6) is 0 Å². The highest BCUT2D eigenvalue weighted by atomic mass is 16.4. The second kappa shape index (κ2) is 8.39. The van der Waals surface area contributed by atoms with Gasteiger partial charge in [-0.25, -0.2) is 0 Å². The third-order valence-corrected chi connectivity index (χ3v) is 3.99. The first-order valence-corrected chi connectivity index (χ1v) is 7.40. The van der Waals surface area contributed by atoms with Crippen molar-refractivity contribution < 1.29 is 25.2 Å². The lowest BCUT2D eigenvalue weighted by Gasteiger charge is -2.19. The summed E-state index contributed by atoms with van der Waals surface area (Å²) >= 11 is 0. The Kier molecular flexibility index (Phi) is 7.19. The number of hydrogen-bond donors (Lipinski definition) is 4. The first-order valence-electron chi connectivity index (χ1n) is 7.40. The standard InChI is InChI=1S/C15H26O5/c1-2-3-4-5-10(16)6-7-11-12(8-15(19)20)14(18)9-13(11)17/h6-7,10-14,16-18H,2-5,8-9H2,1H3,(H,19,20)/b7-6+/t10-,11?,12+,13+,14-/m0/s1. The SMILES string of the molecule is CCCCC[C@H](O)/C=C/C1[C@H](O)C[C@H](O)[C@@H]1CC(=O)O. The van der Waals surface area contributed by atoms with E-state index in [-0.39, 0.29) is 12.8 Å². The van der Waals surface area contributed by atoms with Gasteiger partial charge in [-0.1, -0.05) is 38.3 Å². The molecule has 0 radical (unpaired) electrons. The normalized spacial score (nSPS) is 31.8. The van der Waals surface area contributed by atoms with E-state index >= 15 is 0 Å². The molecule has 0 saturated heterocycles. The summed E-state index contributed by atoms with van der Waals surface area (Å²) in [4.78, 5) is 10.8. The Labute approximate surface area is 119 Å². The molecule has 5 atom stereocenters. The third kappa shape index (κ3) is 5.23. The zero-order valence-corrected chi connectivity index (χ0v) is 12.0. The van der Waals surface area contributed by atoms with Crippen LogP contribution in [0.4, 0.5) is 0 Å². The smallest absolute Gasteiger partial charge is 0.303 e. The Bertz CT molecular complexity index is 328. The van der Waals surface area contributed by atoms with E-state index in [2.05, 4.69) is 6.92 Å². The number of unbranched alkanes of at least 4 members (excludes halogenated alkanes) is 2. The lowest BCUT2D eigenvalue weighted by molar-refractivity contribution is -0.139. The lowest BCUT2D eigenvalue weighted by atomic mass is 9.90. The Hall–Kier alpha value is -0.910. The van der Waals surface area contributed by atoms with Crippen molar-refractivity contribution in [3.8, 4) is 0 Å². The lowest BCUT2D eigenvalue weighted by Crippen LogP contribution is -2.23. The van der Waals surface area contributed by atoms with Gasteiger partial charge in [0.05, 0.1) is 24.7 Å². The minimum absolute atomic E-state index is 0.167. The number of carboxylic acid groups (broad SMARTS) is 1. The number of rotatable bonds is 8. The van der Waals surface area contributed by atoms with E-state index in [1.54, 1.807) is 12.2 Å². The van der Waals surface area contributed by atoms with Crippen LogP contribution in [0.3, 0.4) is 0 Å². The van der Waals surface area contributed by atoms with Gasteiger partial charge in [0.1, 0.15) is 0 Å². The zero-order valence-electron chi connectivity index (χ0n) is 12.0. The van der Waals surface area contributed by atoms with E-state index < -0.39 is 36.1 Å². The molecule has 1 unspecified atom stereocenters. The summed E-state index contributed by atoms with van der Waals surface area (Å²) in [5.41, 5.74) is 0. The van der Waals surface area contributed by atoms with E-state index in [1.165, 1.54) is 0 Å². The molecule has 0 aromatic rings. The average molecular weight is 286 g/mol. The molecule has 1 fully saturated rings. The average Bonchev–Trinajstić information content (AvgIpc) is 2.62. The summed E-state index contributed by atoms with van der Waals surface area (Å²) in [6, 6.07) is 0. The molecule has 116 valence electrons. The molecule has 4 N–H and O–H groups in total. The van der Waals surface area contributed by atoms with Gasteiger partial charge in [0.2, 0.25) is 0 Å². The van der Waals surface area contributed by atoms with Crippen LogP contribution in [0.1, 0.15) is 45.4 Å². The maximum atomic E-state index is 10.8. The van der Waals surface area contributed by atoms with Gasteiger partial charge in [0.25, 0.3) is 0 Å². The minimum Gasteiger partial charge on any atom is -0.481 e. The van der Waals surface area contributed by atoms with Crippen molar-refractivity contribution in [2.45, 2.75) is 63.8 Å². The van der Waals surface area contributed by atoms with E-state index in [4.69, 9.17) is 5.11 Å². The Morgan fingerprint density at radius 3 is 2.60 bits per heavy atom. The molecule has 1 aliphatic rings. The van der Waals surface area contributed by atoms with Crippen molar-refractivity contribution in [2.24, 2.45) is 11.8 Å². The van der Waals surface area contributed by atoms with Crippen molar-refractivity contribution in [3.63, 3.8) is 0 Å². The van der Waals surface area contributed by atoms with Crippen molar-refractivity contribution in [3.05, 3.63) is 12.2 Å². The van der Waals surface area contributed by atoms with Gasteiger partial charge in [-0.05, 0) is 6.42 Å². The van der Waals surface area contributed by atoms with E-state index in [0.29, 0.717) is 6.42 Å². The van der Waals surface area contributed by atoms with Crippen LogP contribution in [-0.2, 0) is 4.79 Å². The van der Waals surface area contributed by atoms with E-state index in [9.17, 15) is 20.1 Å². The monoisotopic (exact) mass is 286 g/mol. The Morgan fingerprint density at radius 2 is 2.00 bits per heavy atom. The highest BCUT2D eigenvalue weighted by Crippen LogP contribution is 2.36. The molecular weight excluding hydrogens is 260 g/mol. The summed E-state index contributed by atoms with van der Waals surface area (Å²) in [5.74, 6) is -1.87. The number of carbonyl (C=O) groups is 1. The van der Waals surface area contributed by atoms with Crippen molar-refractivity contribution in [2.75, 3.05) is 0 Å².